The molecule has 84 valence electrons. The van der Waals surface area contributed by atoms with Crippen molar-refractivity contribution in [2.75, 3.05) is 23.8 Å². The predicted molar refractivity (Wildman–Crippen MR) is 67.6 cm³/mol. The van der Waals surface area contributed by atoms with Crippen LogP contribution in [0.15, 0.2) is 12.1 Å². The number of phenolic OH excluding ortho intramolecular Hbond substituents is 1. The van der Waals surface area contributed by atoms with E-state index in [0.717, 1.165) is 22.1 Å². The zero-order chi connectivity index (χ0) is 11.3. The first-order valence-electron chi connectivity index (χ1n) is 5.27. The smallest absolute Gasteiger partial charge is 0.183 e. The summed E-state index contributed by atoms with van der Waals surface area (Å²) in [5.41, 5.74) is 1.77. The van der Waals surface area contributed by atoms with Crippen molar-refractivity contribution in [3.05, 3.63) is 12.1 Å². The fourth-order valence-electron chi connectivity index (χ4n) is 1.87. The van der Waals surface area contributed by atoms with Gasteiger partial charge in [0.1, 0.15) is 11.3 Å². The van der Waals surface area contributed by atoms with Crippen LogP contribution in [0.2, 0.25) is 0 Å². The fourth-order valence-corrected chi connectivity index (χ4v) is 2.74. The summed E-state index contributed by atoms with van der Waals surface area (Å²) >= 11 is 1.56. The summed E-state index contributed by atoms with van der Waals surface area (Å²) in [7, 11) is 1.84. The molecule has 1 aromatic carbocycles. The highest BCUT2D eigenvalue weighted by molar-refractivity contribution is 7.22. The molecular formula is C11H13N3OS. The van der Waals surface area contributed by atoms with Crippen LogP contribution < -0.4 is 10.2 Å². The number of fused-ring (bicyclic) bond motifs is 1. The Morgan fingerprint density at radius 1 is 1.56 bits per heavy atom. The van der Waals surface area contributed by atoms with E-state index in [0.29, 0.717) is 11.6 Å². The summed E-state index contributed by atoms with van der Waals surface area (Å²) in [5.74, 6) is 0.268. The maximum Gasteiger partial charge on any atom is 0.183 e. The van der Waals surface area contributed by atoms with Gasteiger partial charge in [-0.25, -0.2) is 4.98 Å². The molecule has 1 fully saturated rings. The number of aromatic hydroxyl groups is 1. The maximum atomic E-state index is 9.91. The van der Waals surface area contributed by atoms with Gasteiger partial charge >= 0.3 is 0 Å². The van der Waals surface area contributed by atoms with Crippen LogP contribution in [-0.2, 0) is 0 Å². The number of nitrogens with one attached hydrogen (secondary N) is 1. The van der Waals surface area contributed by atoms with Crippen molar-refractivity contribution < 1.29 is 5.11 Å². The van der Waals surface area contributed by atoms with Crippen LogP contribution in [0.25, 0.3) is 10.2 Å². The average molecular weight is 235 g/mol. The third-order valence-electron chi connectivity index (χ3n) is 2.86. The Hall–Kier alpha value is -1.49. The Balaban J connectivity index is 2.13. The minimum atomic E-state index is 0.268. The lowest BCUT2D eigenvalue weighted by Gasteiger charge is -2.04. The molecule has 1 unspecified atom stereocenters. The van der Waals surface area contributed by atoms with Gasteiger partial charge in [-0.15, -0.1) is 0 Å². The fraction of sp³-hybridized carbons (Fsp3) is 0.364. The van der Waals surface area contributed by atoms with E-state index >= 15 is 0 Å². The molecule has 2 N–H and O–H groups in total. The molecule has 0 saturated carbocycles. The lowest BCUT2D eigenvalue weighted by molar-refractivity contribution is 0.481. The highest BCUT2D eigenvalue weighted by atomic mass is 32.1. The molecule has 1 atom stereocenters. The third kappa shape index (κ3) is 1.39. The van der Waals surface area contributed by atoms with Crippen molar-refractivity contribution in [1.82, 2.24) is 4.98 Å². The standard InChI is InChI=1S/C11H13N3OS/c1-6-5-14(6)7-3-8(15)10-9(4-7)16-11(12-2)13-10/h3-4,6,15H,5H2,1-2H3,(H,12,13). The number of hydrogen-bond acceptors (Lipinski definition) is 5. The first kappa shape index (κ1) is 9.72. The van der Waals surface area contributed by atoms with E-state index in [9.17, 15) is 5.11 Å². The van der Waals surface area contributed by atoms with Crippen molar-refractivity contribution >= 4 is 32.4 Å². The van der Waals surface area contributed by atoms with Gasteiger partial charge in [-0.3, -0.25) is 0 Å². The molecule has 4 nitrogen and oxygen atoms in total. The first-order chi connectivity index (χ1) is 7.69. The second kappa shape index (κ2) is 3.25. The molecule has 16 heavy (non-hydrogen) atoms. The molecule has 0 amide bonds. The monoisotopic (exact) mass is 235 g/mol. The topological polar surface area (TPSA) is 48.2 Å². The van der Waals surface area contributed by atoms with Gasteiger partial charge in [-0.1, -0.05) is 11.3 Å². The summed E-state index contributed by atoms with van der Waals surface area (Å²) in [6, 6.07) is 4.48. The van der Waals surface area contributed by atoms with Gasteiger partial charge in [0.05, 0.1) is 4.70 Å². The molecular weight excluding hydrogens is 222 g/mol. The number of nitrogens with zero attached hydrogens (tertiary/aromatic N) is 2. The number of phenols is 1. The number of anilines is 2. The molecule has 0 spiro atoms. The van der Waals surface area contributed by atoms with Crippen LogP contribution in [0, 0.1) is 0 Å². The minimum absolute atomic E-state index is 0.268. The van der Waals surface area contributed by atoms with Crippen LogP contribution in [0.1, 0.15) is 6.92 Å². The molecule has 1 saturated heterocycles. The quantitative estimate of drug-likeness (QED) is 0.784. The van der Waals surface area contributed by atoms with Gasteiger partial charge in [-0.2, -0.15) is 0 Å². The Labute approximate surface area is 97.5 Å². The summed E-state index contributed by atoms with van der Waals surface area (Å²) in [4.78, 5) is 6.56. The molecule has 0 radical (unpaired) electrons. The maximum absolute atomic E-state index is 9.91. The molecule has 0 aliphatic carbocycles. The number of aromatic nitrogens is 1. The Kier molecular flexibility index (Phi) is 1.97. The highest BCUT2D eigenvalue weighted by Crippen LogP contribution is 2.38. The molecule has 1 aromatic heterocycles. The zero-order valence-corrected chi connectivity index (χ0v) is 10.0. The van der Waals surface area contributed by atoms with Crippen molar-refractivity contribution in [1.29, 1.82) is 0 Å². The van der Waals surface area contributed by atoms with E-state index in [4.69, 9.17) is 0 Å². The molecule has 3 rings (SSSR count). The number of hydrogen-bond donors (Lipinski definition) is 2. The van der Waals surface area contributed by atoms with E-state index in [1.54, 1.807) is 17.4 Å². The van der Waals surface area contributed by atoms with Gasteiger partial charge < -0.3 is 15.3 Å². The highest BCUT2D eigenvalue weighted by Gasteiger charge is 2.30. The predicted octanol–water partition coefficient (Wildman–Crippen LogP) is 2.25. The van der Waals surface area contributed by atoms with Crippen LogP contribution >= 0.6 is 11.3 Å². The van der Waals surface area contributed by atoms with Crippen molar-refractivity contribution in [3.63, 3.8) is 0 Å². The molecule has 1 aliphatic heterocycles. The minimum Gasteiger partial charge on any atom is -0.506 e. The Bertz CT molecular complexity index is 551. The van der Waals surface area contributed by atoms with E-state index in [-0.39, 0.29) is 5.75 Å². The van der Waals surface area contributed by atoms with E-state index < -0.39 is 0 Å². The summed E-state index contributed by atoms with van der Waals surface area (Å²) in [5, 5.41) is 13.7. The van der Waals surface area contributed by atoms with Crippen molar-refractivity contribution in [3.8, 4) is 5.75 Å². The third-order valence-corrected chi connectivity index (χ3v) is 3.88. The SMILES string of the molecule is CNc1nc2c(O)cc(N3CC3C)cc2s1. The van der Waals surface area contributed by atoms with E-state index in [1.807, 2.05) is 7.05 Å². The first-order valence-corrected chi connectivity index (χ1v) is 6.08. The summed E-state index contributed by atoms with van der Waals surface area (Å²) in [6.45, 7) is 3.25. The molecule has 2 heterocycles. The van der Waals surface area contributed by atoms with Crippen LogP contribution in [0.4, 0.5) is 10.8 Å². The number of benzene rings is 1. The summed E-state index contributed by atoms with van der Waals surface area (Å²) < 4.78 is 1.03. The lowest BCUT2D eigenvalue weighted by atomic mass is 10.2. The largest absolute Gasteiger partial charge is 0.506 e. The van der Waals surface area contributed by atoms with Crippen LogP contribution in [0.5, 0.6) is 5.75 Å². The van der Waals surface area contributed by atoms with Gasteiger partial charge in [0.2, 0.25) is 0 Å². The number of rotatable bonds is 2. The Morgan fingerprint density at radius 2 is 2.31 bits per heavy atom. The van der Waals surface area contributed by atoms with Crippen LogP contribution in [-0.4, -0.2) is 29.7 Å². The molecule has 5 heteroatoms. The van der Waals surface area contributed by atoms with Crippen molar-refractivity contribution in [2.24, 2.45) is 0 Å². The lowest BCUT2D eigenvalue weighted by Crippen LogP contribution is -1.94. The van der Waals surface area contributed by atoms with Crippen LogP contribution in [0.3, 0.4) is 0 Å². The second-order valence-corrected chi connectivity index (χ2v) is 5.11. The molecule has 1 aliphatic rings. The Morgan fingerprint density at radius 3 is 2.94 bits per heavy atom. The second-order valence-electron chi connectivity index (χ2n) is 4.08. The van der Waals surface area contributed by atoms with Gasteiger partial charge in [0.25, 0.3) is 0 Å². The zero-order valence-electron chi connectivity index (χ0n) is 9.19. The van der Waals surface area contributed by atoms with Crippen molar-refractivity contribution in [2.45, 2.75) is 13.0 Å². The molecule has 0 bridgehead atoms. The van der Waals surface area contributed by atoms with Gasteiger partial charge in [-0.05, 0) is 13.0 Å². The van der Waals surface area contributed by atoms with Gasteiger partial charge in [0, 0.05) is 31.4 Å². The number of thiazole rings is 1. The summed E-state index contributed by atoms with van der Waals surface area (Å²) in [6.07, 6.45) is 0. The van der Waals surface area contributed by atoms with E-state index in [1.165, 1.54) is 0 Å². The van der Waals surface area contributed by atoms with Gasteiger partial charge in [0.15, 0.2) is 5.13 Å². The normalized spacial score (nSPS) is 19.1. The van der Waals surface area contributed by atoms with E-state index in [2.05, 4.69) is 28.2 Å². The average Bonchev–Trinajstić information content (AvgIpc) is 2.84. The molecule has 2 aromatic rings.